The van der Waals surface area contributed by atoms with Crippen molar-refractivity contribution in [3.8, 4) is 0 Å². The molecule has 0 aliphatic heterocycles. The second-order valence-corrected chi connectivity index (χ2v) is 6.19. The number of benzene rings is 1. The van der Waals surface area contributed by atoms with Gasteiger partial charge in [-0.1, -0.05) is 18.6 Å². The highest BCUT2D eigenvalue weighted by molar-refractivity contribution is 8.00. The molecule has 0 bridgehead atoms. The van der Waals surface area contributed by atoms with Crippen LogP contribution in [0.4, 0.5) is 13.2 Å². The lowest BCUT2D eigenvalue weighted by molar-refractivity contribution is -0.0328. The molecule has 0 amide bonds. The van der Waals surface area contributed by atoms with Crippen LogP contribution in [0.5, 0.6) is 0 Å². The first kappa shape index (κ1) is 15.7. The van der Waals surface area contributed by atoms with Crippen LogP contribution >= 0.6 is 11.8 Å². The molecule has 1 aromatic rings. The topological polar surface area (TPSA) is 32.3 Å². The van der Waals surface area contributed by atoms with Crippen molar-refractivity contribution < 1.29 is 18.3 Å². The molecule has 2 unspecified atom stereocenters. The quantitative estimate of drug-likeness (QED) is 0.816. The zero-order valence-corrected chi connectivity index (χ0v) is 11.8. The Bertz CT molecular complexity index is 421. The Kier molecular flexibility index (Phi) is 5.35. The summed E-state index contributed by atoms with van der Waals surface area (Å²) in [5.74, 6) is 0.301. The summed E-state index contributed by atoms with van der Waals surface area (Å²) in [6, 6.07) is 6.72. The molecule has 0 heterocycles. The van der Waals surface area contributed by atoms with Crippen molar-refractivity contribution in [1.82, 2.24) is 5.32 Å². The molecular formula is C14H18F3NOS. The number of aliphatic hydroxyl groups is 1. The molecular weight excluding hydrogens is 287 g/mol. The molecule has 2 nitrogen and oxygen atoms in total. The molecule has 112 valence electrons. The van der Waals surface area contributed by atoms with E-state index in [1.165, 1.54) is 12.1 Å². The van der Waals surface area contributed by atoms with E-state index in [4.69, 9.17) is 0 Å². The number of rotatable bonds is 5. The van der Waals surface area contributed by atoms with Gasteiger partial charge in [-0.3, -0.25) is 0 Å². The van der Waals surface area contributed by atoms with Crippen LogP contribution in [0.3, 0.4) is 0 Å². The van der Waals surface area contributed by atoms with Crippen molar-refractivity contribution in [2.45, 2.75) is 42.3 Å². The van der Waals surface area contributed by atoms with E-state index in [1.807, 2.05) is 0 Å². The fourth-order valence-electron chi connectivity index (χ4n) is 2.58. The molecule has 1 fully saturated rings. The van der Waals surface area contributed by atoms with Crippen LogP contribution in [-0.4, -0.2) is 23.3 Å². The van der Waals surface area contributed by atoms with Gasteiger partial charge in [-0.15, -0.1) is 0 Å². The Morgan fingerprint density at radius 3 is 2.50 bits per heavy atom. The summed E-state index contributed by atoms with van der Waals surface area (Å²) in [7, 11) is 0. The van der Waals surface area contributed by atoms with Crippen molar-refractivity contribution in [2.24, 2.45) is 5.92 Å². The van der Waals surface area contributed by atoms with Gasteiger partial charge in [0, 0.05) is 24.1 Å². The average molecular weight is 305 g/mol. The van der Waals surface area contributed by atoms with Gasteiger partial charge in [0.1, 0.15) is 0 Å². The molecule has 1 aliphatic rings. The lowest BCUT2D eigenvalue weighted by atomic mass is 10.0. The molecule has 6 heteroatoms. The summed E-state index contributed by atoms with van der Waals surface area (Å²) in [4.78, 5) is 0.204. The van der Waals surface area contributed by atoms with Crippen LogP contribution in [0.2, 0.25) is 0 Å². The number of halogens is 3. The largest absolute Gasteiger partial charge is 0.446 e. The smallest absolute Gasteiger partial charge is 0.396 e. The van der Waals surface area contributed by atoms with Gasteiger partial charge in [0.15, 0.2) is 0 Å². The van der Waals surface area contributed by atoms with E-state index in [0.717, 1.165) is 24.8 Å². The maximum Gasteiger partial charge on any atom is 0.446 e. The van der Waals surface area contributed by atoms with E-state index < -0.39 is 5.51 Å². The Morgan fingerprint density at radius 1 is 1.20 bits per heavy atom. The number of nitrogens with one attached hydrogen (secondary N) is 1. The molecule has 1 aromatic carbocycles. The van der Waals surface area contributed by atoms with Gasteiger partial charge >= 0.3 is 5.51 Å². The van der Waals surface area contributed by atoms with Crippen LogP contribution in [-0.2, 0) is 6.54 Å². The standard InChI is InChI=1S/C14H18F3NOS/c15-14(16,17)20-12-6-4-10(5-7-12)8-18-13-3-1-2-11(13)9-19/h4-7,11,13,18-19H,1-3,8-9H2. The minimum Gasteiger partial charge on any atom is -0.396 e. The van der Waals surface area contributed by atoms with Gasteiger partial charge in [0.2, 0.25) is 0 Å². The van der Waals surface area contributed by atoms with Crippen molar-refractivity contribution in [3.05, 3.63) is 29.8 Å². The molecule has 0 spiro atoms. The van der Waals surface area contributed by atoms with Crippen LogP contribution < -0.4 is 5.32 Å². The molecule has 0 aromatic heterocycles. The molecule has 20 heavy (non-hydrogen) atoms. The molecule has 0 radical (unpaired) electrons. The van der Waals surface area contributed by atoms with Crippen molar-refractivity contribution in [3.63, 3.8) is 0 Å². The van der Waals surface area contributed by atoms with E-state index >= 15 is 0 Å². The lowest BCUT2D eigenvalue weighted by Crippen LogP contribution is -2.33. The number of thioether (sulfide) groups is 1. The highest BCUT2D eigenvalue weighted by Gasteiger charge is 2.29. The molecule has 2 rings (SSSR count). The van der Waals surface area contributed by atoms with Gasteiger partial charge in [-0.2, -0.15) is 13.2 Å². The van der Waals surface area contributed by atoms with Crippen molar-refractivity contribution in [2.75, 3.05) is 6.61 Å². The van der Waals surface area contributed by atoms with Gasteiger partial charge in [0.05, 0.1) is 0 Å². The highest BCUT2D eigenvalue weighted by Crippen LogP contribution is 2.36. The first-order valence-electron chi connectivity index (χ1n) is 6.67. The van der Waals surface area contributed by atoms with Crippen LogP contribution in [0.15, 0.2) is 29.2 Å². The Balaban J connectivity index is 1.85. The summed E-state index contributed by atoms with van der Waals surface area (Å²) in [6.45, 7) is 0.816. The van der Waals surface area contributed by atoms with E-state index in [-0.39, 0.29) is 23.3 Å². The molecule has 2 N–H and O–H groups in total. The van der Waals surface area contributed by atoms with E-state index in [0.29, 0.717) is 18.5 Å². The normalized spacial score (nSPS) is 23.2. The third-order valence-corrected chi connectivity index (χ3v) is 4.36. The SMILES string of the molecule is OCC1CCCC1NCc1ccc(SC(F)(F)F)cc1. The zero-order chi connectivity index (χ0) is 14.6. The van der Waals surface area contributed by atoms with Crippen LogP contribution in [0.1, 0.15) is 24.8 Å². The van der Waals surface area contributed by atoms with E-state index in [9.17, 15) is 18.3 Å². The number of hydrogen-bond donors (Lipinski definition) is 2. The van der Waals surface area contributed by atoms with Gasteiger partial charge in [-0.25, -0.2) is 0 Å². The Labute approximate surface area is 120 Å². The number of hydrogen-bond acceptors (Lipinski definition) is 3. The van der Waals surface area contributed by atoms with Gasteiger partial charge in [-0.05, 0) is 48.2 Å². The second-order valence-electron chi connectivity index (χ2n) is 5.05. The molecule has 1 saturated carbocycles. The minimum atomic E-state index is -4.24. The monoisotopic (exact) mass is 305 g/mol. The van der Waals surface area contributed by atoms with Gasteiger partial charge < -0.3 is 10.4 Å². The zero-order valence-electron chi connectivity index (χ0n) is 11.0. The van der Waals surface area contributed by atoms with Gasteiger partial charge in [0.25, 0.3) is 0 Å². The fourth-order valence-corrected chi connectivity index (χ4v) is 3.12. The summed E-state index contributed by atoms with van der Waals surface area (Å²) in [6.07, 6.45) is 3.20. The van der Waals surface area contributed by atoms with E-state index in [2.05, 4.69) is 5.32 Å². The van der Waals surface area contributed by atoms with Crippen molar-refractivity contribution >= 4 is 11.8 Å². The highest BCUT2D eigenvalue weighted by atomic mass is 32.2. The summed E-state index contributed by atoms with van der Waals surface area (Å²) in [5, 5.41) is 12.6. The average Bonchev–Trinajstić information content (AvgIpc) is 2.83. The maximum absolute atomic E-state index is 12.2. The third-order valence-electron chi connectivity index (χ3n) is 3.62. The molecule has 2 atom stereocenters. The summed E-state index contributed by atoms with van der Waals surface area (Å²) >= 11 is -0.0966. The number of aliphatic hydroxyl groups excluding tert-OH is 1. The predicted octanol–water partition coefficient (Wildman–Crippen LogP) is 3.55. The fraction of sp³-hybridized carbons (Fsp3) is 0.571. The minimum absolute atomic E-state index is 0.0966. The maximum atomic E-state index is 12.2. The Hall–Kier alpha value is -0.720. The van der Waals surface area contributed by atoms with Crippen molar-refractivity contribution in [1.29, 1.82) is 0 Å². The first-order chi connectivity index (χ1) is 9.48. The first-order valence-corrected chi connectivity index (χ1v) is 7.48. The Morgan fingerprint density at radius 2 is 1.90 bits per heavy atom. The predicted molar refractivity (Wildman–Crippen MR) is 73.4 cm³/mol. The lowest BCUT2D eigenvalue weighted by Gasteiger charge is -2.19. The van der Waals surface area contributed by atoms with Crippen LogP contribution in [0, 0.1) is 5.92 Å². The molecule has 0 saturated heterocycles. The third kappa shape index (κ3) is 4.68. The second kappa shape index (κ2) is 6.83. The summed E-state index contributed by atoms with van der Waals surface area (Å²) < 4.78 is 36.6. The van der Waals surface area contributed by atoms with Crippen LogP contribution in [0.25, 0.3) is 0 Å². The number of alkyl halides is 3. The summed E-state index contributed by atoms with van der Waals surface area (Å²) in [5.41, 5.74) is -3.28. The molecule has 1 aliphatic carbocycles. The van der Waals surface area contributed by atoms with E-state index in [1.54, 1.807) is 12.1 Å².